The third-order valence-corrected chi connectivity index (χ3v) is 5.74. The van der Waals surface area contributed by atoms with Crippen LogP contribution in [0.4, 0.5) is 0 Å². The van der Waals surface area contributed by atoms with Crippen molar-refractivity contribution in [2.45, 2.75) is 11.4 Å². The minimum absolute atomic E-state index is 0.0876. The van der Waals surface area contributed by atoms with Gasteiger partial charge in [-0.25, -0.2) is 13.1 Å². The Morgan fingerprint density at radius 1 is 0.957 bits per heavy atom. The first-order valence-electron chi connectivity index (χ1n) is 6.75. The topological polar surface area (TPSA) is 59.1 Å². The molecule has 0 aliphatic heterocycles. The number of hydrogen-bond acceptors (Lipinski definition) is 3. The molecule has 7 heteroatoms. The Balaban J connectivity index is 1.93. The van der Waals surface area contributed by atoms with E-state index in [1.165, 1.54) is 12.1 Å². The Morgan fingerprint density at radius 2 is 1.65 bits per heavy atom. The first kappa shape index (κ1) is 16.2. The van der Waals surface area contributed by atoms with Crippen molar-refractivity contribution in [3.63, 3.8) is 0 Å². The van der Waals surface area contributed by atoms with Crippen LogP contribution in [0.5, 0.6) is 0 Å². The number of pyridine rings is 1. The molecule has 0 saturated heterocycles. The van der Waals surface area contributed by atoms with E-state index in [2.05, 4.69) is 9.71 Å². The van der Waals surface area contributed by atoms with Crippen LogP contribution in [0, 0.1) is 0 Å². The van der Waals surface area contributed by atoms with Gasteiger partial charge in [-0.15, -0.1) is 0 Å². The third kappa shape index (κ3) is 3.33. The lowest BCUT2D eigenvalue weighted by molar-refractivity contribution is 0.581. The molecule has 0 fully saturated rings. The molecule has 0 aliphatic carbocycles. The highest BCUT2D eigenvalue weighted by molar-refractivity contribution is 7.89. The van der Waals surface area contributed by atoms with Gasteiger partial charge in [0.25, 0.3) is 0 Å². The van der Waals surface area contributed by atoms with Crippen LogP contribution < -0.4 is 4.72 Å². The van der Waals surface area contributed by atoms with E-state index in [-0.39, 0.29) is 21.5 Å². The van der Waals surface area contributed by atoms with Crippen molar-refractivity contribution >= 4 is 44.1 Å². The smallest absolute Gasteiger partial charge is 0.243 e. The maximum absolute atomic E-state index is 12.5. The van der Waals surface area contributed by atoms with Gasteiger partial charge in [-0.3, -0.25) is 4.98 Å². The number of aromatic nitrogens is 1. The lowest BCUT2D eigenvalue weighted by Crippen LogP contribution is -2.24. The first-order chi connectivity index (χ1) is 11.0. The van der Waals surface area contributed by atoms with Crippen molar-refractivity contribution in [2.24, 2.45) is 0 Å². The third-order valence-electron chi connectivity index (χ3n) is 3.38. The highest BCUT2D eigenvalue weighted by atomic mass is 35.5. The molecule has 0 amide bonds. The average molecular weight is 367 g/mol. The molecule has 0 atom stereocenters. The van der Waals surface area contributed by atoms with Crippen LogP contribution in [0.25, 0.3) is 10.9 Å². The second kappa shape index (κ2) is 6.45. The van der Waals surface area contributed by atoms with Gasteiger partial charge in [-0.1, -0.05) is 47.5 Å². The van der Waals surface area contributed by atoms with Crippen LogP contribution in [0.1, 0.15) is 5.56 Å². The summed E-state index contributed by atoms with van der Waals surface area (Å²) in [5.74, 6) is 0. The largest absolute Gasteiger partial charge is 0.256 e. The van der Waals surface area contributed by atoms with E-state index in [1.54, 1.807) is 18.3 Å². The molecule has 1 heterocycles. The Labute approximate surface area is 144 Å². The predicted molar refractivity (Wildman–Crippen MR) is 92.2 cm³/mol. The number of rotatable bonds is 4. The summed E-state index contributed by atoms with van der Waals surface area (Å²) in [4.78, 5) is 4.14. The molecule has 4 nitrogen and oxygen atoms in total. The number of nitrogens with zero attached hydrogens (tertiary/aromatic N) is 1. The fourth-order valence-electron chi connectivity index (χ4n) is 2.29. The normalized spacial score (nSPS) is 11.7. The zero-order valence-electron chi connectivity index (χ0n) is 11.8. The average Bonchev–Trinajstić information content (AvgIpc) is 2.52. The maximum Gasteiger partial charge on any atom is 0.243 e. The van der Waals surface area contributed by atoms with E-state index in [0.29, 0.717) is 0 Å². The Bertz CT molecular complexity index is 949. The second-order valence-electron chi connectivity index (χ2n) is 4.86. The monoisotopic (exact) mass is 366 g/mol. The molecular weight excluding hydrogens is 355 g/mol. The van der Waals surface area contributed by atoms with E-state index in [4.69, 9.17) is 23.2 Å². The molecule has 0 radical (unpaired) electrons. The van der Waals surface area contributed by atoms with Gasteiger partial charge in [-0.05, 0) is 29.8 Å². The summed E-state index contributed by atoms with van der Waals surface area (Å²) in [6.07, 6.45) is 1.65. The molecule has 0 spiro atoms. The van der Waals surface area contributed by atoms with E-state index >= 15 is 0 Å². The van der Waals surface area contributed by atoms with Crippen molar-refractivity contribution in [3.05, 3.63) is 70.3 Å². The maximum atomic E-state index is 12.5. The molecule has 3 aromatic rings. The molecule has 23 heavy (non-hydrogen) atoms. The highest BCUT2D eigenvalue weighted by Crippen LogP contribution is 2.29. The predicted octanol–water partition coefficient (Wildman–Crippen LogP) is 4.02. The molecule has 1 N–H and O–H groups in total. The van der Waals surface area contributed by atoms with Crippen LogP contribution >= 0.6 is 23.2 Å². The Kier molecular flexibility index (Phi) is 4.55. The molecule has 0 aliphatic rings. The summed E-state index contributed by atoms with van der Waals surface area (Å²) < 4.78 is 27.5. The number of fused-ring (bicyclic) bond motifs is 1. The lowest BCUT2D eigenvalue weighted by Gasteiger charge is -2.11. The van der Waals surface area contributed by atoms with Crippen molar-refractivity contribution < 1.29 is 8.42 Å². The molecule has 1 aromatic heterocycles. The van der Waals surface area contributed by atoms with Crippen LogP contribution in [0.3, 0.4) is 0 Å². The molecule has 3 rings (SSSR count). The van der Waals surface area contributed by atoms with Gasteiger partial charge in [0.2, 0.25) is 10.0 Å². The SMILES string of the molecule is O=S(=O)(NCc1ccnc2ccccc12)c1c(Cl)cccc1Cl. The number of hydrogen-bond donors (Lipinski definition) is 1. The van der Waals surface area contributed by atoms with E-state index in [9.17, 15) is 8.42 Å². The zero-order chi connectivity index (χ0) is 16.4. The van der Waals surface area contributed by atoms with Crippen LogP contribution in [-0.2, 0) is 16.6 Å². The zero-order valence-corrected chi connectivity index (χ0v) is 14.2. The minimum Gasteiger partial charge on any atom is -0.256 e. The van der Waals surface area contributed by atoms with Crippen LogP contribution in [-0.4, -0.2) is 13.4 Å². The number of sulfonamides is 1. The van der Waals surface area contributed by atoms with Gasteiger partial charge >= 0.3 is 0 Å². The number of para-hydroxylation sites is 1. The van der Waals surface area contributed by atoms with Gasteiger partial charge in [0.15, 0.2) is 0 Å². The van der Waals surface area contributed by atoms with Crippen molar-refractivity contribution in [1.82, 2.24) is 9.71 Å². The van der Waals surface area contributed by atoms with Gasteiger partial charge in [-0.2, -0.15) is 0 Å². The number of halogens is 2. The van der Waals surface area contributed by atoms with Crippen molar-refractivity contribution in [2.75, 3.05) is 0 Å². The standard InChI is InChI=1S/C16H12Cl2N2O2S/c17-13-5-3-6-14(18)16(13)23(21,22)20-10-11-8-9-19-15-7-2-1-4-12(11)15/h1-9,20H,10H2. The van der Waals surface area contributed by atoms with E-state index in [1.807, 2.05) is 24.3 Å². The number of benzene rings is 2. The van der Waals surface area contributed by atoms with Crippen molar-refractivity contribution in [3.8, 4) is 0 Å². The van der Waals surface area contributed by atoms with E-state index < -0.39 is 10.0 Å². The fraction of sp³-hybridized carbons (Fsp3) is 0.0625. The first-order valence-corrected chi connectivity index (χ1v) is 8.99. The Morgan fingerprint density at radius 3 is 2.39 bits per heavy atom. The van der Waals surface area contributed by atoms with Crippen LogP contribution in [0.2, 0.25) is 10.0 Å². The van der Waals surface area contributed by atoms with E-state index in [0.717, 1.165) is 16.5 Å². The van der Waals surface area contributed by atoms with Crippen LogP contribution in [0.15, 0.2) is 59.6 Å². The van der Waals surface area contributed by atoms with Crippen molar-refractivity contribution in [1.29, 1.82) is 0 Å². The molecule has 0 bridgehead atoms. The summed E-state index contributed by atoms with van der Waals surface area (Å²) in [5, 5.41) is 1.07. The highest BCUT2D eigenvalue weighted by Gasteiger charge is 2.21. The molecule has 118 valence electrons. The minimum atomic E-state index is -3.82. The summed E-state index contributed by atoms with van der Waals surface area (Å²) in [6, 6.07) is 13.9. The summed E-state index contributed by atoms with van der Waals surface area (Å²) in [5.41, 5.74) is 1.63. The molecule has 0 saturated carbocycles. The quantitative estimate of drug-likeness (QED) is 0.758. The summed E-state index contributed by atoms with van der Waals surface area (Å²) in [7, 11) is -3.82. The summed E-state index contributed by atoms with van der Waals surface area (Å²) in [6.45, 7) is 0.118. The van der Waals surface area contributed by atoms with Gasteiger partial charge in [0, 0.05) is 18.1 Å². The van der Waals surface area contributed by atoms with Gasteiger partial charge < -0.3 is 0 Å². The molecule has 2 aromatic carbocycles. The molecule has 0 unspecified atom stereocenters. The fourth-order valence-corrected chi connectivity index (χ4v) is 4.44. The lowest BCUT2D eigenvalue weighted by atomic mass is 10.1. The number of nitrogens with one attached hydrogen (secondary N) is 1. The summed E-state index contributed by atoms with van der Waals surface area (Å²) >= 11 is 12.0. The second-order valence-corrected chi connectivity index (χ2v) is 7.38. The van der Waals surface area contributed by atoms with Gasteiger partial charge in [0.1, 0.15) is 4.90 Å². The Hall–Kier alpha value is -1.66. The van der Waals surface area contributed by atoms with Gasteiger partial charge in [0.05, 0.1) is 15.6 Å². The molecular formula is C16H12Cl2N2O2S.